The minimum atomic E-state index is -1.41. The van der Waals surface area contributed by atoms with Gasteiger partial charge in [-0.2, -0.15) is 0 Å². The molecule has 1 rings (SSSR count). The first kappa shape index (κ1) is 12.9. The smallest absolute Gasteiger partial charge is 0.303 e. The van der Waals surface area contributed by atoms with Gasteiger partial charge in [-0.25, -0.2) is 0 Å². The highest BCUT2D eigenvalue weighted by Gasteiger charge is 2.48. The number of esters is 2. The molecule has 16 heavy (non-hydrogen) atoms. The molecule has 0 unspecified atom stereocenters. The highest BCUT2D eigenvalue weighted by Crippen LogP contribution is 2.25. The van der Waals surface area contributed by atoms with Crippen LogP contribution in [-0.4, -0.2) is 53.4 Å². The minimum Gasteiger partial charge on any atom is -0.455 e. The summed E-state index contributed by atoms with van der Waals surface area (Å²) >= 11 is 0. The molecule has 7 heteroatoms. The van der Waals surface area contributed by atoms with Gasteiger partial charge in [0, 0.05) is 13.8 Å². The predicted molar refractivity (Wildman–Crippen MR) is 49.1 cm³/mol. The Kier molecular flexibility index (Phi) is 4.22. The van der Waals surface area contributed by atoms with Crippen LogP contribution in [0.4, 0.5) is 0 Å². The summed E-state index contributed by atoms with van der Waals surface area (Å²) in [5, 5.41) is 18.4. The van der Waals surface area contributed by atoms with Crippen LogP contribution in [0.1, 0.15) is 13.8 Å². The molecular formula is C9H14O7. The van der Waals surface area contributed by atoms with Gasteiger partial charge in [0.05, 0.1) is 6.61 Å². The Morgan fingerprint density at radius 1 is 1.19 bits per heavy atom. The molecule has 0 aromatic rings. The van der Waals surface area contributed by atoms with E-state index in [9.17, 15) is 14.7 Å². The molecule has 0 spiro atoms. The number of aliphatic hydroxyl groups excluding tert-OH is 2. The van der Waals surface area contributed by atoms with Crippen LogP contribution in [0.5, 0.6) is 0 Å². The zero-order valence-corrected chi connectivity index (χ0v) is 8.95. The molecule has 1 aliphatic heterocycles. The first-order chi connectivity index (χ1) is 7.45. The Bertz CT molecular complexity index is 277. The van der Waals surface area contributed by atoms with Gasteiger partial charge in [0.25, 0.3) is 0 Å². The summed E-state index contributed by atoms with van der Waals surface area (Å²) < 4.78 is 14.5. The Hall–Kier alpha value is -1.18. The molecule has 0 aromatic carbocycles. The molecule has 0 aliphatic carbocycles. The standard InChI is InChI=1S/C9H14O7/c1-4(11)14-7-6(3-10)16-9(13)8(7)15-5(2)12/h6-10,13H,3H2,1-2H3/t6-,7+,8-,9+/m0/s1. The average molecular weight is 234 g/mol. The third-order valence-electron chi connectivity index (χ3n) is 2.07. The first-order valence-corrected chi connectivity index (χ1v) is 4.74. The van der Waals surface area contributed by atoms with E-state index in [1.165, 1.54) is 6.92 Å². The second kappa shape index (κ2) is 5.24. The number of hydrogen-bond acceptors (Lipinski definition) is 7. The second-order valence-corrected chi connectivity index (χ2v) is 3.40. The topological polar surface area (TPSA) is 102 Å². The first-order valence-electron chi connectivity index (χ1n) is 4.74. The average Bonchev–Trinajstić information content (AvgIpc) is 2.44. The van der Waals surface area contributed by atoms with Crippen LogP contribution in [0.2, 0.25) is 0 Å². The molecule has 7 nitrogen and oxygen atoms in total. The molecule has 2 N–H and O–H groups in total. The fourth-order valence-electron chi connectivity index (χ4n) is 1.51. The molecule has 0 bridgehead atoms. The third-order valence-corrected chi connectivity index (χ3v) is 2.07. The lowest BCUT2D eigenvalue weighted by molar-refractivity contribution is -0.174. The van der Waals surface area contributed by atoms with E-state index in [0.29, 0.717) is 0 Å². The van der Waals surface area contributed by atoms with Crippen LogP contribution in [0.15, 0.2) is 0 Å². The summed E-state index contributed by atoms with van der Waals surface area (Å²) in [7, 11) is 0. The van der Waals surface area contributed by atoms with Gasteiger partial charge >= 0.3 is 11.9 Å². The van der Waals surface area contributed by atoms with Gasteiger partial charge in [-0.1, -0.05) is 0 Å². The molecule has 0 amide bonds. The van der Waals surface area contributed by atoms with Crippen LogP contribution in [0, 0.1) is 0 Å². The van der Waals surface area contributed by atoms with E-state index in [0.717, 1.165) is 6.92 Å². The number of carbonyl (C=O) groups is 2. The lowest BCUT2D eigenvalue weighted by Gasteiger charge is -2.21. The number of hydrogen-bond donors (Lipinski definition) is 2. The van der Waals surface area contributed by atoms with E-state index in [2.05, 4.69) is 0 Å². The molecule has 1 fully saturated rings. The summed E-state index contributed by atoms with van der Waals surface area (Å²) in [5.74, 6) is -1.25. The zero-order chi connectivity index (χ0) is 12.3. The van der Waals surface area contributed by atoms with Crippen molar-refractivity contribution < 1.29 is 34.0 Å². The Balaban J connectivity index is 2.76. The molecule has 0 aromatic heterocycles. The van der Waals surface area contributed by atoms with Gasteiger partial charge in [-0.15, -0.1) is 0 Å². The van der Waals surface area contributed by atoms with E-state index in [4.69, 9.17) is 19.3 Å². The predicted octanol–water partition coefficient (Wildman–Crippen LogP) is -1.44. The van der Waals surface area contributed by atoms with Gasteiger partial charge in [0.1, 0.15) is 6.10 Å². The zero-order valence-electron chi connectivity index (χ0n) is 8.95. The maximum atomic E-state index is 10.8. The molecule has 1 aliphatic rings. The molecule has 1 saturated heterocycles. The third kappa shape index (κ3) is 2.91. The van der Waals surface area contributed by atoms with Crippen molar-refractivity contribution in [3.63, 3.8) is 0 Å². The van der Waals surface area contributed by atoms with E-state index >= 15 is 0 Å². The van der Waals surface area contributed by atoms with Gasteiger partial charge < -0.3 is 24.4 Å². The van der Waals surface area contributed by atoms with E-state index < -0.39 is 43.1 Å². The number of carbonyl (C=O) groups excluding carboxylic acids is 2. The maximum absolute atomic E-state index is 10.8. The summed E-state index contributed by atoms with van der Waals surface area (Å²) in [6.07, 6.45) is -4.42. The fourth-order valence-corrected chi connectivity index (χ4v) is 1.51. The molecule has 92 valence electrons. The van der Waals surface area contributed by atoms with Crippen molar-refractivity contribution in [2.75, 3.05) is 6.61 Å². The van der Waals surface area contributed by atoms with Crippen molar-refractivity contribution in [3.8, 4) is 0 Å². The van der Waals surface area contributed by atoms with Crippen LogP contribution in [-0.2, 0) is 23.8 Å². The normalized spacial score (nSPS) is 33.5. The van der Waals surface area contributed by atoms with Gasteiger partial charge in [0.2, 0.25) is 0 Å². The quantitative estimate of drug-likeness (QED) is 0.576. The van der Waals surface area contributed by atoms with Gasteiger partial charge in [-0.05, 0) is 0 Å². The van der Waals surface area contributed by atoms with Gasteiger partial charge in [0.15, 0.2) is 18.5 Å². The summed E-state index contributed by atoms with van der Waals surface area (Å²) in [6, 6.07) is 0. The van der Waals surface area contributed by atoms with E-state index in [-0.39, 0.29) is 0 Å². The van der Waals surface area contributed by atoms with Crippen molar-refractivity contribution in [1.29, 1.82) is 0 Å². The molecule has 4 atom stereocenters. The minimum absolute atomic E-state index is 0.452. The van der Waals surface area contributed by atoms with Crippen LogP contribution >= 0.6 is 0 Å². The van der Waals surface area contributed by atoms with Crippen molar-refractivity contribution in [3.05, 3.63) is 0 Å². The number of rotatable bonds is 3. The molecule has 0 saturated carbocycles. The summed E-state index contributed by atoms with van der Waals surface area (Å²) in [5.41, 5.74) is 0. The van der Waals surface area contributed by atoms with Crippen LogP contribution < -0.4 is 0 Å². The molecular weight excluding hydrogens is 220 g/mol. The monoisotopic (exact) mass is 234 g/mol. The molecule has 0 radical (unpaired) electrons. The van der Waals surface area contributed by atoms with Gasteiger partial charge in [-0.3, -0.25) is 9.59 Å². The van der Waals surface area contributed by atoms with Crippen molar-refractivity contribution in [2.24, 2.45) is 0 Å². The van der Waals surface area contributed by atoms with Crippen molar-refractivity contribution in [1.82, 2.24) is 0 Å². The Morgan fingerprint density at radius 3 is 2.12 bits per heavy atom. The fraction of sp³-hybridized carbons (Fsp3) is 0.778. The van der Waals surface area contributed by atoms with Crippen LogP contribution in [0.3, 0.4) is 0 Å². The van der Waals surface area contributed by atoms with Crippen molar-refractivity contribution >= 4 is 11.9 Å². The highest BCUT2D eigenvalue weighted by molar-refractivity contribution is 5.67. The highest BCUT2D eigenvalue weighted by atomic mass is 16.7. The summed E-state index contributed by atoms with van der Waals surface area (Å²) in [4.78, 5) is 21.6. The van der Waals surface area contributed by atoms with E-state index in [1.54, 1.807) is 0 Å². The number of aliphatic hydroxyl groups is 2. The largest absolute Gasteiger partial charge is 0.455 e. The van der Waals surface area contributed by atoms with Crippen molar-refractivity contribution in [2.45, 2.75) is 38.4 Å². The maximum Gasteiger partial charge on any atom is 0.303 e. The van der Waals surface area contributed by atoms with E-state index in [1.807, 2.05) is 0 Å². The Labute approximate surface area is 91.9 Å². The van der Waals surface area contributed by atoms with Crippen LogP contribution in [0.25, 0.3) is 0 Å². The lowest BCUT2D eigenvalue weighted by atomic mass is 10.1. The SMILES string of the molecule is CC(=O)O[C@H]1[C@H](OC(C)=O)[C@H](CO)O[C@H]1O. The summed E-state index contributed by atoms with van der Waals surface area (Å²) in [6.45, 7) is 1.88. The Morgan fingerprint density at radius 2 is 1.69 bits per heavy atom. The number of ether oxygens (including phenoxy) is 3. The lowest BCUT2D eigenvalue weighted by Crippen LogP contribution is -2.40. The molecule has 1 heterocycles. The second-order valence-electron chi connectivity index (χ2n) is 3.40.